The van der Waals surface area contributed by atoms with Crippen LogP contribution in [0.2, 0.25) is 0 Å². The molecule has 0 saturated heterocycles. The number of hydrogen-bond acceptors (Lipinski definition) is 6. The number of hydrogen-bond donors (Lipinski definition) is 0. The molecule has 378 valence electrons. The molecule has 0 amide bonds. The lowest BCUT2D eigenvalue weighted by atomic mass is 10.1. The molecule has 0 unspecified atom stereocenters. The second-order valence-corrected chi connectivity index (χ2v) is 17.4. The molecular weight excluding hydrogens is 829 g/mol. The van der Waals surface area contributed by atoms with Crippen LogP contribution in [0.25, 0.3) is 0 Å². The van der Waals surface area contributed by atoms with Crippen LogP contribution in [-0.4, -0.2) is 37.2 Å². The van der Waals surface area contributed by atoms with Crippen molar-refractivity contribution in [2.75, 3.05) is 13.2 Å². The van der Waals surface area contributed by atoms with Crippen molar-refractivity contribution in [1.29, 1.82) is 0 Å². The Morgan fingerprint density at radius 2 is 0.597 bits per heavy atom. The fraction of sp³-hybridized carbons (Fsp3) is 0.623. The molecule has 0 rings (SSSR count). The number of ether oxygens (including phenoxy) is 3. The van der Waals surface area contributed by atoms with E-state index in [4.69, 9.17) is 14.2 Å². The molecule has 0 aromatic heterocycles. The Kier molecular flexibility index (Phi) is 51.0. The van der Waals surface area contributed by atoms with E-state index in [-0.39, 0.29) is 37.5 Å². The largest absolute Gasteiger partial charge is 0.462 e. The number of unbranched alkanes of at least 4 members (excludes halogenated alkanes) is 16. The summed E-state index contributed by atoms with van der Waals surface area (Å²) in [6, 6.07) is 0. The van der Waals surface area contributed by atoms with Gasteiger partial charge >= 0.3 is 17.9 Å². The van der Waals surface area contributed by atoms with E-state index in [0.717, 1.165) is 116 Å². The minimum Gasteiger partial charge on any atom is -0.462 e. The fourth-order valence-electron chi connectivity index (χ4n) is 6.93. The van der Waals surface area contributed by atoms with Crippen molar-refractivity contribution in [3.63, 3.8) is 0 Å². The topological polar surface area (TPSA) is 78.9 Å². The quantitative estimate of drug-likeness (QED) is 0.0262. The average molecular weight is 927 g/mol. The summed E-state index contributed by atoms with van der Waals surface area (Å²) in [6.07, 6.45) is 74.7. The second-order valence-electron chi connectivity index (χ2n) is 17.4. The molecular formula is C61H98O6. The zero-order chi connectivity index (χ0) is 48.6. The van der Waals surface area contributed by atoms with Crippen LogP contribution in [-0.2, 0) is 28.6 Å². The summed E-state index contributed by atoms with van der Waals surface area (Å²) in [5.41, 5.74) is 0. The van der Waals surface area contributed by atoms with E-state index < -0.39 is 6.10 Å². The summed E-state index contributed by atoms with van der Waals surface area (Å²) in [5.74, 6) is -1.01. The van der Waals surface area contributed by atoms with Crippen LogP contribution in [0, 0.1) is 0 Å². The fourth-order valence-corrected chi connectivity index (χ4v) is 6.93. The molecule has 0 aliphatic rings. The molecule has 0 heterocycles. The van der Waals surface area contributed by atoms with Crippen LogP contribution in [0.3, 0.4) is 0 Å². The average Bonchev–Trinajstić information content (AvgIpc) is 3.33. The Morgan fingerprint density at radius 3 is 0.970 bits per heavy atom. The van der Waals surface area contributed by atoms with Gasteiger partial charge in [-0.05, 0) is 122 Å². The minimum absolute atomic E-state index is 0.114. The Labute approximate surface area is 412 Å². The zero-order valence-electron chi connectivity index (χ0n) is 43.1. The van der Waals surface area contributed by atoms with Crippen molar-refractivity contribution in [3.8, 4) is 0 Å². The molecule has 6 heteroatoms. The Hall–Kier alpha value is -4.19. The molecule has 0 fully saturated rings. The highest BCUT2D eigenvalue weighted by Crippen LogP contribution is 2.13. The predicted molar refractivity (Wildman–Crippen MR) is 288 cm³/mol. The van der Waals surface area contributed by atoms with E-state index in [2.05, 4.69) is 142 Å². The van der Waals surface area contributed by atoms with Gasteiger partial charge in [0.1, 0.15) is 13.2 Å². The van der Waals surface area contributed by atoms with Crippen molar-refractivity contribution in [3.05, 3.63) is 122 Å². The third kappa shape index (κ3) is 52.6. The molecule has 0 spiro atoms. The summed E-state index contributed by atoms with van der Waals surface area (Å²) in [6.45, 7) is 6.32. The maximum Gasteiger partial charge on any atom is 0.306 e. The third-order valence-electron chi connectivity index (χ3n) is 10.9. The molecule has 0 aliphatic heterocycles. The molecule has 6 nitrogen and oxygen atoms in total. The van der Waals surface area contributed by atoms with Gasteiger partial charge in [0, 0.05) is 19.3 Å². The van der Waals surface area contributed by atoms with Gasteiger partial charge in [-0.2, -0.15) is 0 Å². The zero-order valence-corrected chi connectivity index (χ0v) is 43.1. The van der Waals surface area contributed by atoms with Gasteiger partial charge in [-0.25, -0.2) is 0 Å². The number of allylic oxidation sites excluding steroid dienone is 20. The lowest BCUT2D eigenvalue weighted by Crippen LogP contribution is -2.30. The van der Waals surface area contributed by atoms with Crippen LogP contribution in [0.5, 0.6) is 0 Å². The van der Waals surface area contributed by atoms with Crippen LogP contribution in [0.4, 0.5) is 0 Å². The van der Waals surface area contributed by atoms with E-state index in [1.54, 1.807) is 0 Å². The van der Waals surface area contributed by atoms with Gasteiger partial charge in [-0.15, -0.1) is 0 Å². The molecule has 1 atom stereocenters. The highest BCUT2D eigenvalue weighted by molar-refractivity contribution is 5.71. The summed E-state index contributed by atoms with van der Waals surface area (Å²) in [5, 5.41) is 0. The molecule has 0 radical (unpaired) electrons. The van der Waals surface area contributed by atoms with Gasteiger partial charge in [0.05, 0.1) is 0 Å². The van der Waals surface area contributed by atoms with Gasteiger partial charge in [0.2, 0.25) is 0 Å². The summed E-state index contributed by atoms with van der Waals surface area (Å²) in [4.78, 5) is 38.1. The SMILES string of the molecule is CC/C=C\C/C=C\C/C=C\C/C=C\C/C=C\CCCC(=O)O[C@H](COC(=O)CCCCCC/C=C\C/C=C\C/C=C\C/C=C\CC)COC(=O)CCCCCCCCC/C=C\CCCCCC. The molecule has 0 N–H and O–H groups in total. The maximum atomic E-state index is 12.8. The first-order valence-corrected chi connectivity index (χ1v) is 27.0. The summed E-state index contributed by atoms with van der Waals surface area (Å²) >= 11 is 0. The highest BCUT2D eigenvalue weighted by Gasteiger charge is 2.19. The normalized spacial score (nSPS) is 13.1. The Balaban J connectivity index is 4.55. The van der Waals surface area contributed by atoms with Crippen molar-refractivity contribution in [2.45, 2.75) is 232 Å². The molecule has 0 aromatic carbocycles. The number of carbonyl (C=O) groups is 3. The van der Waals surface area contributed by atoms with Crippen molar-refractivity contribution >= 4 is 17.9 Å². The van der Waals surface area contributed by atoms with Gasteiger partial charge in [0.25, 0.3) is 0 Å². The molecule has 0 aromatic rings. The molecule has 0 bridgehead atoms. The minimum atomic E-state index is -0.823. The maximum absolute atomic E-state index is 12.8. The van der Waals surface area contributed by atoms with E-state index in [1.807, 2.05) is 0 Å². The Bertz CT molecular complexity index is 1440. The number of esters is 3. The molecule has 0 saturated carbocycles. The third-order valence-corrected chi connectivity index (χ3v) is 10.9. The summed E-state index contributed by atoms with van der Waals surface area (Å²) < 4.78 is 16.8. The Morgan fingerprint density at radius 1 is 0.313 bits per heavy atom. The van der Waals surface area contributed by atoms with Crippen LogP contribution >= 0.6 is 0 Å². The lowest BCUT2D eigenvalue weighted by Gasteiger charge is -2.18. The monoisotopic (exact) mass is 927 g/mol. The van der Waals surface area contributed by atoms with E-state index >= 15 is 0 Å². The first kappa shape index (κ1) is 62.8. The number of carbonyl (C=O) groups excluding carboxylic acids is 3. The highest BCUT2D eigenvalue weighted by atomic mass is 16.6. The lowest BCUT2D eigenvalue weighted by molar-refractivity contribution is -0.167. The van der Waals surface area contributed by atoms with Gasteiger partial charge < -0.3 is 14.2 Å². The van der Waals surface area contributed by atoms with Gasteiger partial charge in [-0.3, -0.25) is 14.4 Å². The molecule has 67 heavy (non-hydrogen) atoms. The first-order valence-electron chi connectivity index (χ1n) is 27.0. The second kappa shape index (κ2) is 54.4. The molecule has 0 aliphatic carbocycles. The standard InChI is InChI=1S/C61H98O6/c1-4-7-10-13-16-19-22-25-28-30-33-36-39-42-45-48-51-54-60(63)66-57-58(56-65-59(62)53-50-47-44-41-38-35-32-27-24-21-18-15-12-9-6-3)67-61(64)55-52-49-46-43-40-37-34-31-29-26-23-20-17-14-11-8-5-2/h7-8,10-11,16-17,19-21,24-26,28-29,33-34,36-37,43,46,58H,4-6,9,12-15,18,22-23,27,30-32,35,38-42,44-45,47-57H2,1-3H3/b10-7-,11-8-,19-16-,20-17-,24-21-,28-25-,29-26-,36-33-,37-34-,46-43-/t58-/m0/s1. The van der Waals surface area contributed by atoms with E-state index in [1.165, 1.54) is 64.2 Å². The first-order chi connectivity index (χ1) is 33.0. The van der Waals surface area contributed by atoms with Crippen molar-refractivity contribution < 1.29 is 28.6 Å². The smallest absolute Gasteiger partial charge is 0.306 e. The van der Waals surface area contributed by atoms with Crippen LogP contribution in [0.15, 0.2) is 122 Å². The van der Waals surface area contributed by atoms with Gasteiger partial charge in [0.15, 0.2) is 6.10 Å². The van der Waals surface area contributed by atoms with Crippen molar-refractivity contribution in [1.82, 2.24) is 0 Å². The van der Waals surface area contributed by atoms with Crippen LogP contribution in [0.1, 0.15) is 226 Å². The van der Waals surface area contributed by atoms with E-state index in [9.17, 15) is 14.4 Å². The van der Waals surface area contributed by atoms with Crippen LogP contribution < -0.4 is 0 Å². The number of rotatable bonds is 47. The summed E-state index contributed by atoms with van der Waals surface area (Å²) in [7, 11) is 0. The van der Waals surface area contributed by atoms with Gasteiger partial charge in [-0.1, -0.05) is 206 Å². The predicted octanol–water partition coefficient (Wildman–Crippen LogP) is 18.1. The van der Waals surface area contributed by atoms with Crippen molar-refractivity contribution in [2.24, 2.45) is 0 Å². The van der Waals surface area contributed by atoms with E-state index in [0.29, 0.717) is 19.3 Å².